The third-order valence-electron chi connectivity index (χ3n) is 3.16. The molecule has 0 saturated carbocycles. The first-order valence-corrected chi connectivity index (χ1v) is 7.90. The number of benzene rings is 1. The van der Waals surface area contributed by atoms with E-state index < -0.39 is 12.7 Å². The number of aliphatic hydroxyl groups excluding tert-OH is 1. The molecule has 0 atom stereocenters. The molecule has 1 aromatic carbocycles. The van der Waals surface area contributed by atoms with Crippen molar-refractivity contribution in [2.24, 2.45) is 0 Å². The highest BCUT2D eigenvalue weighted by atomic mass is 79.9. The van der Waals surface area contributed by atoms with E-state index in [9.17, 15) is 13.2 Å². The van der Waals surface area contributed by atoms with Crippen LogP contribution in [0, 0.1) is 0 Å². The van der Waals surface area contributed by atoms with Crippen LogP contribution in [0.1, 0.15) is 4.88 Å². The zero-order chi connectivity index (χ0) is 15.9. The molecule has 0 unspecified atom stereocenters. The summed E-state index contributed by atoms with van der Waals surface area (Å²) >= 11 is 4.55. The Kier molecular flexibility index (Phi) is 4.00. The molecule has 8 heteroatoms. The number of hydrogen-bond donors (Lipinski definition) is 1. The Balaban J connectivity index is 2.23. The Morgan fingerprint density at radius 1 is 1.32 bits per heavy atom. The average molecular weight is 391 g/mol. The van der Waals surface area contributed by atoms with Crippen LogP contribution in [0.5, 0.6) is 0 Å². The average Bonchev–Trinajstić information content (AvgIpc) is 3.03. The minimum absolute atomic E-state index is 0.180. The van der Waals surface area contributed by atoms with Crippen LogP contribution in [0.4, 0.5) is 13.2 Å². The first-order chi connectivity index (χ1) is 10.4. The monoisotopic (exact) mass is 390 g/mol. The summed E-state index contributed by atoms with van der Waals surface area (Å²) in [5.74, 6) is 0. The van der Waals surface area contributed by atoms with Crippen molar-refractivity contribution in [1.29, 1.82) is 0 Å². The van der Waals surface area contributed by atoms with E-state index in [1.165, 1.54) is 22.1 Å². The molecule has 0 spiro atoms. The maximum absolute atomic E-state index is 12.9. The number of aromatic nitrogens is 2. The van der Waals surface area contributed by atoms with Crippen molar-refractivity contribution in [1.82, 2.24) is 9.55 Å². The second kappa shape index (κ2) is 5.68. The molecule has 0 aliphatic rings. The molecule has 2 aromatic heterocycles. The number of fused-ring (bicyclic) bond motifs is 1. The van der Waals surface area contributed by atoms with Gasteiger partial charge in [0.1, 0.15) is 11.6 Å². The van der Waals surface area contributed by atoms with Crippen molar-refractivity contribution in [3.8, 4) is 10.7 Å². The summed E-state index contributed by atoms with van der Waals surface area (Å²) in [5.41, 5.74) is 0.881. The summed E-state index contributed by atoms with van der Waals surface area (Å²) in [5, 5.41) is 10.3. The Morgan fingerprint density at radius 2 is 2.09 bits per heavy atom. The van der Waals surface area contributed by atoms with E-state index in [-0.39, 0.29) is 6.61 Å². The zero-order valence-corrected chi connectivity index (χ0v) is 13.5. The third-order valence-corrected chi connectivity index (χ3v) is 4.85. The van der Waals surface area contributed by atoms with Crippen molar-refractivity contribution < 1.29 is 18.3 Å². The van der Waals surface area contributed by atoms with Gasteiger partial charge in [-0.15, -0.1) is 11.3 Å². The molecule has 3 rings (SSSR count). The normalized spacial score (nSPS) is 12.2. The lowest BCUT2D eigenvalue weighted by Gasteiger charge is -2.12. The minimum atomic E-state index is -4.33. The lowest BCUT2D eigenvalue weighted by atomic mass is 10.2. The Labute approximate surface area is 136 Å². The van der Waals surface area contributed by atoms with Gasteiger partial charge in [-0.1, -0.05) is 22.0 Å². The lowest BCUT2D eigenvalue weighted by Crippen LogP contribution is -2.18. The van der Waals surface area contributed by atoms with Crippen molar-refractivity contribution >= 4 is 38.2 Å². The second-order valence-corrected chi connectivity index (χ2v) is 6.66. The van der Waals surface area contributed by atoms with Gasteiger partial charge in [0.25, 0.3) is 0 Å². The molecular weight excluding hydrogens is 381 g/mol. The number of nitrogens with zero attached hydrogens (tertiary/aromatic N) is 2. The smallest absolute Gasteiger partial charge is 0.391 e. The number of aliphatic hydroxyl groups is 1. The molecule has 0 fully saturated rings. The van der Waals surface area contributed by atoms with Gasteiger partial charge in [0.15, 0.2) is 0 Å². The van der Waals surface area contributed by atoms with E-state index in [2.05, 4.69) is 20.9 Å². The van der Waals surface area contributed by atoms with Crippen LogP contribution < -0.4 is 0 Å². The number of thiazole rings is 1. The molecular formula is C14H10BrF3N2OS. The van der Waals surface area contributed by atoms with Gasteiger partial charge in [0.2, 0.25) is 0 Å². The molecule has 3 aromatic rings. The Bertz CT molecular complexity index is 825. The summed E-state index contributed by atoms with van der Waals surface area (Å²) in [6, 6.07) is 6.82. The fraction of sp³-hybridized carbons (Fsp3) is 0.214. The first-order valence-electron chi connectivity index (χ1n) is 6.29. The van der Waals surface area contributed by atoms with Gasteiger partial charge in [0.05, 0.1) is 22.7 Å². The third kappa shape index (κ3) is 2.90. The van der Waals surface area contributed by atoms with Crippen LogP contribution in [0.3, 0.4) is 0 Å². The topological polar surface area (TPSA) is 38.1 Å². The highest BCUT2D eigenvalue weighted by Crippen LogP contribution is 2.36. The van der Waals surface area contributed by atoms with Gasteiger partial charge in [0, 0.05) is 16.1 Å². The van der Waals surface area contributed by atoms with Crippen LogP contribution in [0.25, 0.3) is 21.6 Å². The largest absolute Gasteiger partial charge is 0.406 e. The van der Waals surface area contributed by atoms with Crippen LogP contribution >= 0.6 is 27.3 Å². The van der Waals surface area contributed by atoms with Crippen LogP contribution in [-0.4, -0.2) is 20.8 Å². The van der Waals surface area contributed by atoms with Gasteiger partial charge in [-0.2, -0.15) is 13.2 Å². The van der Waals surface area contributed by atoms with Crippen molar-refractivity contribution in [3.05, 3.63) is 39.8 Å². The fourth-order valence-corrected chi connectivity index (χ4v) is 3.54. The van der Waals surface area contributed by atoms with Crippen LogP contribution in [-0.2, 0) is 13.2 Å². The highest BCUT2D eigenvalue weighted by molar-refractivity contribution is 9.10. The summed E-state index contributed by atoms with van der Waals surface area (Å²) in [7, 11) is 0. The molecule has 0 bridgehead atoms. The van der Waals surface area contributed by atoms with E-state index in [4.69, 9.17) is 5.11 Å². The maximum atomic E-state index is 12.9. The van der Waals surface area contributed by atoms with Crippen molar-refractivity contribution in [3.63, 3.8) is 0 Å². The Hall–Kier alpha value is -1.38. The van der Waals surface area contributed by atoms with Crippen LogP contribution in [0.15, 0.2) is 34.9 Å². The second-order valence-electron chi connectivity index (χ2n) is 4.69. The predicted octanol–water partition coefficient (Wildman–Crippen LogP) is 4.58. The fourth-order valence-electron chi connectivity index (χ4n) is 2.27. The van der Waals surface area contributed by atoms with Gasteiger partial charge in [-0.3, -0.25) is 0 Å². The lowest BCUT2D eigenvalue weighted by molar-refractivity contribution is -0.139. The quantitative estimate of drug-likeness (QED) is 0.710. The van der Waals surface area contributed by atoms with E-state index in [1.54, 1.807) is 24.3 Å². The molecule has 0 aliphatic heterocycles. The summed E-state index contributed by atoms with van der Waals surface area (Å²) in [6.45, 7) is -1.27. The molecule has 22 heavy (non-hydrogen) atoms. The van der Waals surface area contributed by atoms with Crippen molar-refractivity contribution in [2.45, 2.75) is 19.3 Å². The molecule has 0 radical (unpaired) electrons. The first kappa shape index (κ1) is 15.5. The van der Waals surface area contributed by atoms with E-state index in [1.807, 2.05) is 0 Å². The standard InChI is InChI=1S/C14H10BrF3N2OS/c15-10-2-1-3-11-9(10)4-12(20(11)7-14(16,17)18)13-19-5-8(6-21)22-13/h1-5,21H,6-7H2. The molecule has 116 valence electrons. The summed E-state index contributed by atoms with van der Waals surface area (Å²) in [6.07, 6.45) is -2.86. The summed E-state index contributed by atoms with van der Waals surface area (Å²) in [4.78, 5) is 4.74. The number of halogens is 4. The number of alkyl halides is 3. The van der Waals surface area contributed by atoms with E-state index in [0.717, 1.165) is 4.47 Å². The molecule has 2 heterocycles. The Morgan fingerprint density at radius 3 is 2.73 bits per heavy atom. The summed E-state index contributed by atoms with van der Waals surface area (Å²) < 4.78 is 40.7. The van der Waals surface area contributed by atoms with E-state index >= 15 is 0 Å². The molecule has 0 aliphatic carbocycles. The predicted molar refractivity (Wildman–Crippen MR) is 82.7 cm³/mol. The van der Waals surface area contributed by atoms with Crippen LogP contribution in [0.2, 0.25) is 0 Å². The molecule has 0 amide bonds. The van der Waals surface area contributed by atoms with Crippen molar-refractivity contribution in [2.75, 3.05) is 0 Å². The van der Waals surface area contributed by atoms with Gasteiger partial charge >= 0.3 is 6.18 Å². The van der Waals surface area contributed by atoms with Gasteiger partial charge in [-0.05, 0) is 18.2 Å². The molecule has 1 N–H and O–H groups in total. The van der Waals surface area contributed by atoms with Gasteiger partial charge in [-0.25, -0.2) is 4.98 Å². The maximum Gasteiger partial charge on any atom is 0.406 e. The van der Waals surface area contributed by atoms with E-state index in [0.29, 0.717) is 26.5 Å². The minimum Gasteiger partial charge on any atom is -0.391 e. The number of hydrogen-bond acceptors (Lipinski definition) is 3. The number of rotatable bonds is 3. The van der Waals surface area contributed by atoms with Gasteiger partial charge < -0.3 is 9.67 Å². The molecule has 3 nitrogen and oxygen atoms in total. The highest BCUT2D eigenvalue weighted by Gasteiger charge is 2.30. The zero-order valence-electron chi connectivity index (χ0n) is 11.1. The molecule has 0 saturated heterocycles. The SMILES string of the molecule is OCc1cnc(-c2cc3c(Br)cccc3n2CC(F)(F)F)s1.